The summed E-state index contributed by atoms with van der Waals surface area (Å²) in [6, 6.07) is 3.27. The number of halogens is 1. The van der Waals surface area contributed by atoms with E-state index >= 15 is 0 Å². The Balaban J connectivity index is 2.07. The summed E-state index contributed by atoms with van der Waals surface area (Å²) in [4.78, 5) is 23.6. The number of benzene rings is 1. The van der Waals surface area contributed by atoms with Gasteiger partial charge in [0.25, 0.3) is 5.91 Å². The maximum atomic E-state index is 13.3. The van der Waals surface area contributed by atoms with Gasteiger partial charge in [0.2, 0.25) is 5.91 Å². The Kier molecular flexibility index (Phi) is 3.99. The van der Waals surface area contributed by atoms with Crippen molar-refractivity contribution in [1.82, 2.24) is 10.6 Å². The fourth-order valence-corrected chi connectivity index (χ4v) is 1.99. The largest absolute Gasteiger partial charge is 0.396 e. The Bertz CT molecular complexity index is 505. The molecule has 1 aliphatic heterocycles. The van der Waals surface area contributed by atoms with Crippen molar-refractivity contribution in [2.75, 3.05) is 12.3 Å². The third-order valence-electron chi connectivity index (χ3n) is 3.10. The second-order valence-corrected chi connectivity index (χ2v) is 4.55. The predicted molar refractivity (Wildman–Crippen MR) is 68.9 cm³/mol. The van der Waals surface area contributed by atoms with Gasteiger partial charge in [-0.1, -0.05) is 0 Å². The van der Waals surface area contributed by atoms with Gasteiger partial charge in [0, 0.05) is 12.1 Å². The molecule has 0 spiro atoms. The van der Waals surface area contributed by atoms with Crippen molar-refractivity contribution in [3.05, 3.63) is 29.6 Å². The first-order valence-electron chi connectivity index (χ1n) is 6.21. The molecule has 0 aromatic heterocycles. The second-order valence-electron chi connectivity index (χ2n) is 4.55. The van der Waals surface area contributed by atoms with E-state index < -0.39 is 17.8 Å². The van der Waals surface area contributed by atoms with E-state index in [4.69, 9.17) is 5.73 Å². The summed E-state index contributed by atoms with van der Waals surface area (Å²) in [6.45, 7) is 0.627. The van der Waals surface area contributed by atoms with Gasteiger partial charge in [-0.15, -0.1) is 0 Å². The SMILES string of the molecule is Nc1ccc(C(=O)NC2CCCCNC2=O)cc1F. The average Bonchev–Trinajstić information content (AvgIpc) is 2.58. The number of nitrogen functional groups attached to an aromatic ring is 1. The number of carbonyl (C=O) groups excluding carboxylic acids is 2. The van der Waals surface area contributed by atoms with Crippen LogP contribution in [0.5, 0.6) is 0 Å². The van der Waals surface area contributed by atoms with Gasteiger partial charge in [-0.05, 0) is 37.5 Å². The molecule has 1 fully saturated rings. The summed E-state index contributed by atoms with van der Waals surface area (Å²) in [5.41, 5.74) is 5.49. The zero-order valence-corrected chi connectivity index (χ0v) is 10.4. The van der Waals surface area contributed by atoms with Crippen LogP contribution in [0.25, 0.3) is 0 Å². The van der Waals surface area contributed by atoms with Crippen LogP contribution in [0.1, 0.15) is 29.6 Å². The number of rotatable bonds is 2. The molecule has 19 heavy (non-hydrogen) atoms. The third kappa shape index (κ3) is 3.21. The Morgan fingerprint density at radius 1 is 1.42 bits per heavy atom. The van der Waals surface area contributed by atoms with E-state index in [9.17, 15) is 14.0 Å². The molecule has 1 aliphatic rings. The van der Waals surface area contributed by atoms with Crippen molar-refractivity contribution < 1.29 is 14.0 Å². The lowest BCUT2D eigenvalue weighted by Crippen LogP contribution is -2.45. The normalized spacial score (nSPS) is 19.4. The molecule has 1 atom stereocenters. The zero-order valence-electron chi connectivity index (χ0n) is 10.4. The predicted octanol–water partition coefficient (Wildman–Crippen LogP) is 0.806. The molecular formula is C13H16FN3O2. The van der Waals surface area contributed by atoms with Crippen LogP contribution < -0.4 is 16.4 Å². The lowest BCUT2D eigenvalue weighted by molar-refractivity contribution is -0.122. The Hall–Kier alpha value is -2.11. The lowest BCUT2D eigenvalue weighted by Gasteiger charge is -2.15. The summed E-state index contributed by atoms with van der Waals surface area (Å²) in [5, 5.41) is 5.34. The molecule has 0 saturated carbocycles. The van der Waals surface area contributed by atoms with Crippen LogP contribution in [0, 0.1) is 5.82 Å². The molecule has 6 heteroatoms. The van der Waals surface area contributed by atoms with Crippen molar-refractivity contribution in [2.24, 2.45) is 0 Å². The molecule has 1 heterocycles. The number of nitrogens with one attached hydrogen (secondary N) is 2. The highest BCUT2D eigenvalue weighted by atomic mass is 19.1. The van der Waals surface area contributed by atoms with Gasteiger partial charge in [-0.2, -0.15) is 0 Å². The topological polar surface area (TPSA) is 84.2 Å². The number of nitrogens with two attached hydrogens (primary N) is 1. The number of amides is 2. The van der Waals surface area contributed by atoms with Crippen LogP contribution >= 0.6 is 0 Å². The van der Waals surface area contributed by atoms with Gasteiger partial charge < -0.3 is 16.4 Å². The Labute approximate surface area is 110 Å². The van der Waals surface area contributed by atoms with Crippen molar-refractivity contribution >= 4 is 17.5 Å². The van der Waals surface area contributed by atoms with Gasteiger partial charge in [-0.3, -0.25) is 9.59 Å². The summed E-state index contributed by atoms with van der Waals surface area (Å²) >= 11 is 0. The smallest absolute Gasteiger partial charge is 0.252 e. The minimum atomic E-state index is -0.641. The van der Waals surface area contributed by atoms with E-state index in [0.29, 0.717) is 13.0 Å². The minimum Gasteiger partial charge on any atom is -0.396 e. The van der Waals surface area contributed by atoms with Gasteiger partial charge in [0.15, 0.2) is 0 Å². The molecular weight excluding hydrogens is 249 g/mol. The highest BCUT2D eigenvalue weighted by Gasteiger charge is 2.23. The molecule has 4 N–H and O–H groups in total. The summed E-state index contributed by atoms with van der Waals surface area (Å²) in [6.07, 6.45) is 2.35. The van der Waals surface area contributed by atoms with E-state index in [0.717, 1.165) is 18.9 Å². The van der Waals surface area contributed by atoms with Crippen LogP contribution in [-0.4, -0.2) is 24.4 Å². The number of carbonyl (C=O) groups is 2. The van der Waals surface area contributed by atoms with Crippen LogP contribution in [0.2, 0.25) is 0 Å². The van der Waals surface area contributed by atoms with Crippen molar-refractivity contribution in [2.45, 2.75) is 25.3 Å². The Morgan fingerprint density at radius 3 is 2.95 bits per heavy atom. The zero-order chi connectivity index (χ0) is 13.8. The highest BCUT2D eigenvalue weighted by Crippen LogP contribution is 2.13. The second kappa shape index (κ2) is 5.69. The van der Waals surface area contributed by atoms with E-state index in [-0.39, 0.29) is 17.2 Å². The monoisotopic (exact) mass is 265 g/mol. The summed E-state index contributed by atoms with van der Waals surface area (Å²) < 4.78 is 13.3. The van der Waals surface area contributed by atoms with Crippen molar-refractivity contribution in [3.63, 3.8) is 0 Å². The molecule has 1 aromatic rings. The van der Waals surface area contributed by atoms with Crippen molar-refractivity contribution in [1.29, 1.82) is 0 Å². The van der Waals surface area contributed by atoms with Crippen LogP contribution in [0.4, 0.5) is 10.1 Å². The molecule has 1 unspecified atom stereocenters. The summed E-state index contributed by atoms with van der Waals surface area (Å²) in [5.74, 6) is -1.30. The number of hydrogen-bond donors (Lipinski definition) is 3. The maximum absolute atomic E-state index is 13.3. The van der Waals surface area contributed by atoms with Crippen LogP contribution in [0.3, 0.4) is 0 Å². The molecule has 2 rings (SSSR count). The third-order valence-corrected chi connectivity index (χ3v) is 3.10. The molecule has 2 amide bonds. The Morgan fingerprint density at radius 2 is 2.21 bits per heavy atom. The van der Waals surface area contributed by atoms with E-state index in [1.807, 2.05) is 0 Å². The lowest BCUT2D eigenvalue weighted by atomic mass is 10.1. The standard InChI is InChI=1S/C13H16FN3O2/c14-9-7-8(4-5-10(9)15)12(18)17-11-3-1-2-6-16-13(11)19/h4-5,7,11H,1-3,6,15H2,(H,16,19)(H,17,18). The molecule has 0 bridgehead atoms. The molecule has 1 aromatic carbocycles. The molecule has 102 valence electrons. The molecule has 0 radical (unpaired) electrons. The molecule has 0 aliphatic carbocycles. The first kappa shape index (κ1) is 13.3. The van der Waals surface area contributed by atoms with E-state index in [1.165, 1.54) is 12.1 Å². The van der Waals surface area contributed by atoms with Crippen LogP contribution in [0.15, 0.2) is 18.2 Å². The fraction of sp³-hybridized carbons (Fsp3) is 0.385. The first-order valence-corrected chi connectivity index (χ1v) is 6.21. The van der Waals surface area contributed by atoms with E-state index in [1.54, 1.807) is 0 Å². The van der Waals surface area contributed by atoms with Gasteiger partial charge in [0.05, 0.1) is 5.69 Å². The maximum Gasteiger partial charge on any atom is 0.252 e. The number of anilines is 1. The quantitative estimate of drug-likeness (QED) is 0.692. The van der Waals surface area contributed by atoms with Gasteiger partial charge >= 0.3 is 0 Å². The van der Waals surface area contributed by atoms with Crippen LogP contribution in [-0.2, 0) is 4.79 Å². The molecule has 1 saturated heterocycles. The molecule has 5 nitrogen and oxygen atoms in total. The van der Waals surface area contributed by atoms with E-state index in [2.05, 4.69) is 10.6 Å². The number of hydrogen-bond acceptors (Lipinski definition) is 3. The highest BCUT2D eigenvalue weighted by molar-refractivity contribution is 5.97. The first-order chi connectivity index (χ1) is 9.08. The van der Waals surface area contributed by atoms with Crippen molar-refractivity contribution in [3.8, 4) is 0 Å². The minimum absolute atomic E-state index is 0.0104. The van der Waals surface area contributed by atoms with Gasteiger partial charge in [0.1, 0.15) is 11.9 Å². The average molecular weight is 265 g/mol. The van der Waals surface area contributed by atoms with Gasteiger partial charge in [-0.25, -0.2) is 4.39 Å². The fourth-order valence-electron chi connectivity index (χ4n) is 1.99. The summed E-state index contributed by atoms with van der Waals surface area (Å²) in [7, 11) is 0.